The van der Waals surface area contributed by atoms with Crippen molar-refractivity contribution in [2.45, 2.75) is 52.4 Å². The summed E-state index contributed by atoms with van der Waals surface area (Å²) in [5.41, 5.74) is 2.94. The van der Waals surface area contributed by atoms with Crippen LogP contribution in [0.4, 0.5) is 0 Å². The molecule has 0 bridgehead atoms. The SMILES string of the molecule is CCCCNC.COC1=CCC(C)CC2=C1CCC=C2. The Balaban J connectivity index is 0.000000286. The molecule has 2 nitrogen and oxygen atoms in total. The van der Waals surface area contributed by atoms with E-state index in [2.05, 4.69) is 37.4 Å². The molecule has 1 N–H and O–H groups in total. The van der Waals surface area contributed by atoms with Crippen LogP contribution in [0.15, 0.2) is 35.1 Å². The third kappa shape index (κ3) is 5.54. The Kier molecular flexibility index (Phi) is 8.36. The van der Waals surface area contributed by atoms with E-state index in [1.54, 1.807) is 7.11 Å². The lowest BCUT2D eigenvalue weighted by molar-refractivity contribution is 0.296. The summed E-state index contributed by atoms with van der Waals surface area (Å²) >= 11 is 0. The number of ether oxygens (including phenoxy) is 1. The fourth-order valence-electron chi connectivity index (χ4n) is 2.64. The molecule has 2 aliphatic carbocycles. The minimum Gasteiger partial charge on any atom is -0.497 e. The maximum atomic E-state index is 5.46. The van der Waals surface area contributed by atoms with E-state index in [9.17, 15) is 0 Å². The van der Waals surface area contributed by atoms with Crippen LogP contribution in [0.1, 0.15) is 52.4 Å². The maximum Gasteiger partial charge on any atom is 0.118 e. The molecule has 0 heterocycles. The summed E-state index contributed by atoms with van der Waals surface area (Å²) in [5, 5.41) is 3.07. The van der Waals surface area contributed by atoms with E-state index in [1.165, 1.54) is 30.4 Å². The molecule has 0 aliphatic heterocycles. The Morgan fingerprint density at radius 3 is 2.80 bits per heavy atom. The van der Waals surface area contributed by atoms with Gasteiger partial charge in [0.15, 0.2) is 0 Å². The second-order valence-electron chi connectivity index (χ2n) is 5.72. The molecule has 2 aliphatic rings. The molecule has 0 aromatic carbocycles. The summed E-state index contributed by atoms with van der Waals surface area (Å²) in [4.78, 5) is 0. The van der Waals surface area contributed by atoms with Crippen molar-refractivity contribution in [2.24, 2.45) is 5.92 Å². The van der Waals surface area contributed by atoms with Crippen LogP contribution in [0, 0.1) is 5.92 Å². The average molecular weight is 277 g/mol. The summed E-state index contributed by atoms with van der Waals surface area (Å²) in [5.74, 6) is 1.86. The summed E-state index contributed by atoms with van der Waals surface area (Å²) in [6, 6.07) is 0. The molecule has 2 heteroatoms. The van der Waals surface area contributed by atoms with Gasteiger partial charge in [0.25, 0.3) is 0 Å². The van der Waals surface area contributed by atoms with Gasteiger partial charge in [-0.15, -0.1) is 0 Å². The quantitative estimate of drug-likeness (QED) is 0.758. The first-order chi connectivity index (χ1) is 9.72. The highest BCUT2D eigenvalue weighted by atomic mass is 16.5. The summed E-state index contributed by atoms with van der Waals surface area (Å²) in [6.07, 6.45) is 14.1. The monoisotopic (exact) mass is 277 g/mol. The molecule has 0 saturated carbocycles. The molecular formula is C18H31NO. The molecule has 0 radical (unpaired) electrons. The third-order valence-corrected chi connectivity index (χ3v) is 3.84. The normalized spacial score (nSPS) is 21.4. The second-order valence-corrected chi connectivity index (χ2v) is 5.72. The van der Waals surface area contributed by atoms with Gasteiger partial charge in [-0.2, -0.15) is 0 Å². The Hall–Kier alpha value is -1.02. The average Bonchev–Trinajstić information content (AvgIpc) is 2.63. The van der Waals surface area contributed by atoms with E-state index >= 15 is 0 Å². The standard InChI is InChI=1S/C13H18O.C5H13N/c1-10-7-8-13(14-2)12-6-4-3-5-11(12)9-10;1-3-4-5-6-2/h3,5,8,10H,4,6-7,9H2,1-2H3;6H,3-5H2,1-2H3. The number of nitrogens with one attached hydrogen (secondary N) is 1. The van der Waals surface area contributed by atoms with Crippen molar-refractivity contribution < 1.29 is 4.74 Å². The van der Waals surface area contributed by atoms with E-state index in [4.69, 9.17) is 4.74 Å². The van der Waals surface area contributed by atoms with Crippen LogP contribution in [0.25, 0.3) is 0 Å². The van der Waals surface area contributed by atoms with E-state index in [1.807, 2.05) is 7.05 Å². The Bertz CT molecular complexity index is 362. The lowest BCUT2D eigenvalue weighted by atomic mass is 9.92. The van der Waals surface area contributed by atoms with E-state index < -0.39 is 0 Å². The molecule has 1 atom stereocenters. The third-order valence-electron chi connectivity index (χ3n) is 3.84. The maximum absolute atomic E-state index is 5.46. The highest BCUT2D eigenvalue weighted by Gasteiger charge is 2.18. The van der Waals surface area contributed by atoms with Gasteiger partial charge < -0.3 is 10.1 Å². The van der Waals surface area contributed by atoms with Crippen LogP contribution < -0.4 is 5.32 Å². The van der Waals surface area contributed by atoms with Crippen molar-refractivity contribution in [3.05, 3.63) is 35.1 Å². The number of hydrogen-bond acceptors (Lipinski definition) is 2. The lowest BCUT2D eigenvalue weighted by Crippen LogP contribution is -2.06. The van der Waals surface area contributed by atoms with Gasteiger partial charge in [-0.1, -0.05) is 32.4 Å². The van der Waals surface area contributed by atoms with Crippen LogP contribution in [-0.4, -0.2) is 20.7 Å². The molecule has 20 heavy (non-hydrogen) atoms. The molecule has 2 rings (SSSR count). The highest BCUT2D eigenvalue weighted by Crippen LogP contribution is 2.34. The first kappa shape index (κ1) is 17.0. The highest BCUT2D eigenvalue weighted by molar-refractivity contribution is 5.41. The number of hydrogen-bond donors (Lipinski definition) is 1. The molecule has 0 spiro atoms. The molecule has 0 amide bonds. The van der Waals surface area contributed by atoms with Crippen LogP contribution in [0.5, 0.6) is 0 Å². The lowest BCUT2D eigenvalue weighted by Gasteiger charge is -2.16. The molecule has 1 unspecified atom stereocenters. The first-order valence-electron chi connectivity index (χ1n) is 8.00. The zero-order valence-electron chi connectivity index (χ0n) is 13.7. The Morgan fingerprint density at radius 1 is 1.40 bits per heavy atom. The Labute approximate surface area is 125 Å². The van der Waals surface area contributed by atoms with Crippen molar-refractivity contribution in [3.63, 3.8) is 0 Å². The number of rotatable bonds is 4. The van der Waals surface area contributed by atoms with Gasteiger partial charge in [-0.3, -0.25) is 0 Å². The van der Waals surface area contributed by atoms with Crippen LogP contribution in [0.2, 0.25) is 0 Å². The number of allylic oxidation sites excluding steroid dienone is 5. The minimum atomic E-state index is 0.746. The molecule has 114 valence electrons. The summed E-state index contributed by atoms with van der Waals surface area (Å²) in [7, 11) is 3.76. The van der Waals surface area contributed by atoms with Crippen LogP contribution in [-0.2, 0) is 4.74 Å². The van der Waals surface area contributed by atoms with Crippen molar-refractivity contribution in [3.8, 4) is 0 Å². The summed E-state index contributed by atoms with van der Waals surface area (Å²) in [6.45, 7) is 5.66. The minimum absolute atomic E-state index is 0.746. The van der Waals surface area contributed by atoms with Gasteiger partial charge >= 0.3 is 0 Å². The largest absolute Gasteiger partial charge is 0.497 e. The van der Waals surface area contributed by atoms with Gasteiger partial charge in [-0.25, -0.2) is 0 Å². The van der Waals surface area contributed by atoms with E-state index in [0.717, 1.165) is 37.5 Å². The number of methoxy groups -OCH3 is 1. The fraction of sp³-hybridized carbons (Fsp3) is 0.667. The van der Waals surface area contributed by atoms with Crippen molar-refractivity contribution in [1.29, 1.82) is 0 Å². The van der Waals surface area contributed by atoms with Gasteiger partial charge in [0.1, 0.15) is 5.76 Å². The molecular weight excluding hydrogens is 246 g/mol. The molecule has 0 aromatic heterocycles. The predicted octanol–water partition coefficient (Wildman–Crippen LogP) is 4.60. The van der Waals surface area contributed by atoms with Gasteiger partial charge in [0.05, 0.1) is 7.11 Å². The zero-order chi connectivity index (χ0) is 14.8. The Morgan fingerprint density at radius 2 is 2.20 bits per heavy atom. The van der Waals surface area contributed by atoms with E-state index in [0.29, 0.717) is 0 Å². The summed E-state index contributed by atoms with van der Waals surface area (Å²) < 4.78 is 5.46. The van der Waals surface area contributed by atoms with E-state index in [-0.39, 0.29) is 0 Å². The van der Waals surface area contributed by atoms with Crippen molar-refractivity contribution in [1.82, 2.24) is 5.32 Å². The van der Waals surface area contributed by atoms with Crippen molar-refractivity contribution >= 4 is 0 Å². The van der Waals surface area contributed by atoms with Gasteiger partial charge in [0, 0.05) is 0 Å². The number of unbranched alkanes of at least 4 members (excludes halogenated alkanes) is 1. The second kappa shape index (κ2) is 9.82. The van der Waals surface area contributed by atoms with Gasteiger partial charge in [-0.05, 0) is 68.8 Å². The van der Waals surface area contributed by atoms with Crippen LogP contribution >= 0.6 is 0 Å². The smallest absolute Gasteiger partial charge is 0.118 e. The fourth-order valence-corrected chi connectivity index (χ4v) is 2.64. The van der Waals surface area contributed by atoms with Crippen LogP contribution in [0.3, 0.4) is 0 Å². The van der Waals surface area contributed by atoms with Crippen molar-refractivity contribution in [2.75, 3.05) is 20.7 Å². The first-order valence-corrected chi connectivity index (χ1v) is 8.00. The topological polar surface area (TPSA) is 21.3 Å². The van der Waals surface area contributed by atoms with Gasteiger partial charge in [0.2, 0.25) is 0 Å². The molecule has 0 saturated heterocycles. The molecule has 0 fully saturated rings. The predicted molar refractivity (Wildman–Crippen MR) is 87.7 cm³/mol. The molecule has 0 aromatic rings. The zero-order valence-corrected chi connectivity index (χ0v) is 13.7.